The molecule has 0 fully saturated rings. The lowest BCUT2D eigenvalue weighted by Gasteiger charge is -2.11. The lowest BCUT2D eigenvalue weighted by molar-refractivity contribution is -0.383. The molecule has 0 bridgehead atoms. The first kappa shape index (κ1) is 24.2. The first-order valence-corrected chi connectivity index (χ1v) is 11.2. The average molecular weight is 536 g/mol. The Balaban J connectivity index is 1.46. The SMILES string of the molecule is COc1ccc2nc(Nc3ncnc(NNC(=O)COc4ccc(Cl)cc4Cl)c3[N+](=O)[O-])sc2c1. The Hall–Kier alpha value is -3.94. The Bertz CT molecular complexity index is 1420. The summed E-state index contributed by atoms with van der Waals surface area (Å²) in [6, 6.07) is 9.86. The van der Waals surface area contributed by atoms with Crippen molar-refractivity contribution in [3.05, 3.63) is 62.9 Å². The summed E-state index contributed by atoms with van der Waals surface area (Å²) in [7, 11) is 1.55. The summed E-state index contributed by atoms with van der Waals surface area (Å²) in [5, 5.41) is 15.6. The quantitative estimate of drug-likeness (QED) is 0.205. The van der Waals surface area contributed by atoms with Gasteiger partial charge in [0.15, 0.2) is 11.7 Å². The highest BCUT2D eigenvalue weighted by Gasteiger charge is 2.24. The fraction of sp³-hybridized carbons (Fsp3) is 0.100. The molecule has 0 aliphatic rings. The first-order valence-electron chi connectivity index (χ1n) is 9.67. The number of nitrogens with one attached hydrogen (secondary N) is 3. The molecule has 1 amide bonds. The number of fused-ring (bicyclic) bond motifs is 1. The van der Waals surface area contributed by atoms with E-state index in [1.165, 1.54) is 23.5 Å². The summed E-state index contributed by atoms with van der Waals surface area (Å²) in [5.74, 6) is -0.0897. The third kappa shape index (κ3) is 5.77. The van der Waals surface area contributed by atoms with Crippen LogP contribution in [0.4, 0.5) is 22.5 Å². The van der Waals surface area contributed by atoms with Crippen molar-refractivity contribution in [3.63, 3.8) is 0 Å². The molecule has 0 saturated heterocycles. The maximum atomic E-state index is 12.2. The molecule has 12 nitrogen and oxygen atoms in total. The van der Waals surface area contributed by atoms with E-state index in [0.29, 0.717) is 21.4 Å². The van der Waals surface area contributed by atoms with Gasteiger partial charge in [0.25, 0.3) is 5.91 Å². The molecule has 180 valence electrons. The Kier molecular flexibility index (Phi) is 7.29. The highest BCUT2D eigenvalue weighted by molar-refractivity contribution is 7.22. The van der Waals surface area contributed by atoms with Crippen LogP contribution in [0.5, 0.6) is 11.5 Å². The summed E-state index contributed by atoms with van der Waals surface area (Å²) >= 11 is 13.1. The second-order valence-electron chi connectivity index (χ2n) is 6.69. The number of carbonyl (C=O) groups excluding carboxylic acids is 1. The molecular formula is C20H15Cl2N7O5S. The standard InChI is InChI=1S/C20H15Cl2N7O5S/c1-33-11-3-4-13-15(7-11)35-20(25-13)26-18-17(29(31)32)19(24-9-23-18)28-27-16(30)8-34-14-5-2-10(21)6-12(14)22/h2-7,9H,8H2,1H3,(H,27,30)(H2,23,24,25,26,28). The number of rotatable bonds is 9. The van der Waals surface area contributed by atoms with E-state index >= 15 is 0 Å². The van der Waals surface area contributed by atoms with Gasteiger partial charge in [-0.3, -0.25) is 25.8 Å². The maximum Gasteiger partial charge on any atom is 0.355 e. The zero-order valence-corrected chi connectivity index (χ0v) is 20.1. The van der Waals surface area contributed by atoms with E-state index in [9.17, 15) is 14.9 Å². The predicted octanol–water partition coefficient (Wildman–Crippen LogP) is 4.58. The van der Waals surface area contributed by atoms with Gasteiger partial charge in [-0.2, -0.15) is 0 Å². The summed E-state index contributed by atoms with van der Waals surface area (Å²) in [4.78, 5) is 35.4. The molecule has 0 atom stereocenters. The number of thiazole rings is 1. The monoisotopic (exact) mass is 535 g/mol. The number of nitro groups is 1. The zero-order valence-electron chi connectivity index (χ0n) is 17.7. The molecule has 0 aliphatic heterocycles. The largest absolute Gasteiger partial charge is 0.497 e. The minimum Gasteiger partial charge on any atom is -0.497 e. The van der Waals surface area contributed by atoms with E-state index in [2.05, 4.69) is 31.1 Å². The van der Waals surface area contributed by atoms with Crippen LogP contribution in [0.3, 0.4) is 0 Å². The van der Waals surface area contributed by atoms with Crippen molar-refractivity contribution < 1.29 is 19.2 Å². The molecule has 15 heteroatoms. The van der Waals surface area contributed by atoms with Crippen molar-refractivity contribution >= 4 is 73.1 Å². The number of aromatic nitrogens is 3. The second kappa shape index (κ2) is 10.5. The summed E-state index contributed by atoms with van der Waals surface area (Å²) in [6.45, 7) is -0.423. The van der Waals surface area contributed by atoms with E-state index in [1.807, 2.05) is 0 Å². The third-order valence-electron chi connectivity index (χ3n) is 4.40. The van der Waals surface area contributed by atoms with Crippen LogP contribution in [0.1, 0.15) is 0 Å². The number of benzene rings is 2. The van der Waals surface area contributed by atoms with E-state index in [-0.39, 0.29) is 22.4 Å². The molecule has 0 radical (unpaired) electrons. The van der Waals surface area contributed by atoms with Gasteiger partial charge < -0.3 is 14.8 Å². The number of ether oxygens (including phenoxy) is 2. The van der Waals surface area contributed by atoms with Crippen molar-refractivity contribution in [2.75, 3.05) is 24.5 Å². The molecule has 0 unspecified atom stereocenters. The molecule has 0 saturated carbocycles. The van der Waals surface area contributed by atoms with Crippen LogP contribution in [-0.4, -0.2) is 39.5 Å². The zero-order chi connectivity index (χ0) is 24.9. The van der Waals surface area contributed by atoms with E-state index in [1.54, 1.807) is 31.4 Å². The number of hydrogen-bond acceptors (Lipinski definition) is 11. The fourth-order valence-electron chi connectivity index (χ4n) is 2.82. The van der Waals surface area contributed by atoms with Crippen LogP contribution in [0.15, 0.2) is 42.7 Å². The molecule has 2 heterocycles. The molecule has 0 aliphatic carbocycles. The second-order valence-corrected chi connectivity index (χ2v) is 8.57. The number of nitrogens with zero attached hydrogens (tertiary/aromatic N) is 4. The molecule has 2 aromatic heterocycles. The third-order valence-corrected chi connectivity index (χ3v) is 5.86. The summed E-state index contributed by atoms with van der Waals surface area (Å²) < 4.78 is 11.3. The number of anilines is 3. The number of carbonyl (C=O) groups is 1. The number of methoxy groups -OCH3 is 1. The molecule has 4 aromatic rings. The fourth-order valence-corrected chi connectivity index (χ4v) is 4.18. The Morgan fingerprint density at radius 3 is 2.71 bits per heavy atom. The highest BCUT2D eigenvalue weighted by atomic mass is 35.5. The molecule has 0 spiro atoms. The van der Waals surface area contributed by atoms with Gasteiger partial charge in [0.1, 0.15) is 17.8 Å². The van der Waals surface area contributed by atoms with Gasteiger partial charge in [-0.1, -0.05) is 34.5 Å². The average Bonchev–Trinajstić information content (AvgIpc) is 3.23. The molecule has 2 aromatic carbocycles. The smallest absolute Gasteiger partial charge is 0.355 e. The summed E-state index contributed by atoms with van der Waals surface area (Å²) in [5.41, 5.74) is 4.90. The minimum atomic E-state index is -0.683. The van der Waals surface area contributed by atoms with Crippen molar-refractivity contribution in [1.82, 2.24) is 20.4 Å². The van der Waals surface area contributed by atoms with E-state index in [4.69, 9.17) is 32.7 Å². The Morgan fingerprint density at radius 1 is 1.17 bits per heavy atom. The topological polar surface area (TPSA) is 153 Å². The number of amides is 1. The van der Waals surface area contributed by atoms with Crippen molar-refractivity contribution in [2.45, 2.75) is 0 Å². The predicted molar refractivity (Wildman–Crippen MR) is 132 cm³/mol. The Labute approximate surface area is 211 Å². The highest BCUT2D eigenvalue weighted by Crippen LogP contribution is 2.35. The van der Waals surface area contributed by atoms with Crippen LogP contribution in [0.2, 0.25) is 10.0 Å². The van der Waals surface area contributed by atoms with Crippen molar-refractivity contribution in [3.8, 4) is 11.5 Å². The molecule has 4 rings (SSSR count). The van der Waals surface area contributed by atoms with Gasteiger partial charge in [-0.05, 0) is 36.4 Å². The maximum absolute atomic E-state index is 12.2. The van der Waals surface area contributed by atoms with Gasteiger partial charge in [-0.15, -0.1) is 0 Å². The first-order chi connectivity index (χ1) is 16.8. The normalized spacial score (nSPS) is 10.6. The molecule has 3 N–H and O–H groups in total. The molecule has 35 heavy (non-hydrogen) atoms. The van der Waals surface area contributed by atoms with E-state index < -0.39 is 23.1 Å². The molecular weight excluding hydrogens is 521 g/mol. The van der Waals surface area contributed by atoms with Gasteiger partial charge in [0.05, 0.1) is 27.3 Å². The lowest BCUT2D eigenvalue weighted by Crippen LogP contribution is -2.34. The number of hydrogen-bond donors (Lipinski definition) is 3. The Morgan fingerprint density at radius 2 is 1.97 bits per heavy atom. The van der Waals surface area contributed by atoms with Crippen LogP contribution in [-0.2, 0) is 4.79 Å². The van der Waals surface area contributed by atoms with Gasteiger partial charge in [0, 0.05) is 5.02 Å². The van der Waals surface area contributed by atoms with E-state index in [0.717, 1.165) is 11.0 Å². The van der Waals surface area contributed by atoms with Gasteiger partial charge in [-0.25, -0.2) is 15.0 Å². The van der Waals surface area contributed by atoms with Crippen LogP contribution in [0, 0.1) is 10.1 Å². The van der Waals surface area contributed by atoms with Crippen LogP contribution < -0.4 is 25.6 Å². The van der Waals surface area contributed by atoms with Crippen LogP contribution in [0.25, 0.3) is 10.2 Å². The number of halogens is 2. The summed E-state index contributed by atoms with van der Waals surface area (Å²) in [6.07, 6.45) is 1.10. The number of hydrazine groups is 1. The van der Waals surface area contributed by atoms with Gasteiger partial charge in [0.2, 0.25) is 11.6 Å². The lowest BCUT2D eigenvalue weighted by atomic mass is 10.3. The van der Waals surface area contributed by atoms with Crippen LogP contribution >= 0.6 is 34.5 Å². The van der Waals surface area contributed by atoms with Crippen molar-refractivity contribution in [1.29, 1.82) is 0 Å². The van der Waals surface area contributed by atoms with Crippen molar-refractivity contribution in [2.24, 2.45) is 0 Å². The minimum absolute atomic E-state index is 0.114. The van der Waals surface area contributed by atoms with Gasteiger partial charge >= 0.3 is 5.69 Å².